The molecule has 0 aliphatic carbocycles. The van der Waals surface area contributed by atoms with Gasteiger partial charge in [-0.2, -0.15) is 0 Å². The summed E-state index contributed by atoms with van der Waals surface area (Å²) in [5.74, 6) is -12.6. The highest BCUT2D eigenvalue weighted by Gasteiger charge is 2.30. The first-order valence-electron chi connectivity index (χ1n) is 28.3. The molecule has 0 saturated heterocycles. The van der Waals surface area contributed by atoms with Gasteiger partial charge in [0.1, 0.15) is 34.4 Å². The first-order chi connectivity index (χ1) is 44.9. The minimum absolute atomic E-state index is 0.0463. The van der Waals surface area contributed by atoms with Crippen molar-refractivity contribution in [2.45, 2.75) is 52.9 Å². The number of benzene rings is 3. The van der Waals surface area contributed by atoms with E-state index in [1.54, 1.807) is 40.9 Å². The summed E-state index contributed by atoms with van der Waals surface area (Å²) in [5, 5.41) is 0.651. The number of anilines is 3. The Morgan fingerprint density at radius 3 is 1.20 bits per heavy atom. The van der Waals surface area contributed by atoms with Crippen LogP contribution in [0.15, 0.2) is 91.8 Å². The van der Waals surface area contributed by atoms with Crippen molar-refractivity contribution in [2.75, 3.05) is 59.7 Å². The number of hydrogen-bond acceptors (Lipinski definition) is 17. The summed E-state index contributed by atoms with van der Waals surface area (Å²) in [4.78, 5) is 106. The van der Waals surface area contributed by atoms with Crippen molar-refractivity contribution in [2.24, 2.45) is 0 Å². The van der Waals surface area contributed by atoms with Gasteiger partial charge in [0.2, 0.25) is 53.3 Å². The highest BCUT2D eigenvalue weighted by Crippen LogP contribution is 2.32. The van der Waals surface area contributed by atoms with Crippen molar-refractivity contribution in [3.8, 4) is 0 Å². The predicted octanol–water partition coefficient (Wildman–Crippen LogP) is 8.27. The number of halogens is 6. The van der Waals surface area contributed by atoms with Crippen molar-refractivity contribution in [1.82, 2.24) is 45.8 Å². The minimum atomic E-state index is -3.87. The van der Waals surface area contributed by atoms with E-state index in [0.29, 0.717) is 29.4 Å². The van der Waals surface area contributed by atoms with Crippen LogP contribution in [0.2, 0.25) is 0 Å². The van der Waals surface area contributed by atoms with Gasteiger partial charge in [0.15, 0.2) is 17.5 Å². The van der Waals surface area contributed by atoms with Crippen LogP contribution >= 0.6 is 0 Å². The molecule has 26 nitrogen and oxygen atoms in total. The quantitative estimate of drug-likeness (QED) is 0.0151. The van der Waals surface area contributed by atoms with E-state index in [-0.39, 0.29) is 98.2 Å². The number of H-pyrrole nitrogens is 3. The average molecular weight is 1380 g/mol. The molecule has 6 aromatic heterocycles. The molecule has 3 aromatic carbocycles. The number of carbonyl (C=O) groups excluding carboxylic acids is 6. The van der Waals surface area contributed by atoms with Gasteiger partial charge in [-0.1, -0.05) is 20.8 Å². The van der Waals surface area contributed by atoms with Gasteiger partial charge in [-0.3, -0.25) is 52.6 Å². The maximum absolute atomic E-state index is 15.0. The highest BCUT2D eigenvalue weighted by molar-refractivity contribution is 7.93. The Bertz CT molecular complexity index is 4820. The number of carbonyl (C=O) groups is 6. The fourth-order valence-electron chi connectivity index (χ4n) is 9.21. The summed E-state index contributed by atoms with van der Waals surface area (Å²) < 4.78 is 166. The summed E-state index contributed by atoms with van der Waals surface area (Å²) in [6.45, 7) is 4.90. The Labute approximate surface area is 538 Å². The van der Waals surface area contributed by atoms with Crippen LogP contribution in [0.25, 0.3) is 33.1 Å². The number of amides is 3. The molecule has 0 fully saturated rings. The third-order valence-corrected chi connectivity index (χ3v) is 17.9. The molecular formula is C60H60F6N12O14S3. The summed E-state index contributed by atoms with van der Waals surface area (Å²) in [6.07, 6.45) is 9.01. The first-order valence-corrected chi connectivity index (χ1v) is 33.2. The summed E-state index contributed by atoms with van der Waals surface area (Å²) in [7, 11) is -5.94. The van der Waals surface area contributed by atoms with Crippen LogP contribution in [-0.2, 0) is 51.0 Å². The number of hydrogen-bond donors (Lipinski definition) is 8. The fourth-order valence-corrected chi connectivity index (χ4v) is 12.6. The summed E-state index contributed by atoms with van der Waals surface area (Å²) in [6, 6.07) is 9.48. The molecule has 9 rings (SSSR count). The number of hydroxylamine groups is 2. The second-order valence-corrected chi connectivity index (χ2v) is 26.3. The second kappa shape index (κ2) is 30.8. The minimum Gasteiger partial charge on any atom is -0.345 e. The van der Waals surface area contributed by atoms with E-state index >= 15 is 4.39 Å². The van der Waals surface area contributed by atoms with Crippen molar-refractivity contribution in [3.63, 3.8) is 0 Å². The number of rotatable bonds is 25. The smallest absolute Gasteiger partial charge is 0.276 e. The molecule has 0 atom stereocenters. The van der Waals surface area contributed by atoms with Crippen molar-refractivity contribution in [1.29, 1.82) is 0 Å². The second-order valence-electron chi connectivity index (χ2n) is 20.8. The third-order valence-electron chi connectivity index (χ3n) is 13.5. The standard InChI is InChI=1S/C21H22F2N4O5S.C20H20F2N4O4S.C19H18F2N4O5S/c1-3-8-33(30,31)27-16-6-5-15(22)18(19(16)23)20(29)14-11-25-21-13(14)9-12(10-24-21)4-7-17(28)26-32-2;1-4-7-31(29,30)25-15-6-5-14(21)16(17(15)22)18(27)13-10-24-19-12(13)8-11(9-23-19)20(28)26(2)3;1-3-6-31(28,29)25-14-5-4-13(20)15(16(14)21)17(26)12-9-23-18-11(12)7-10(8-22-18)19(27)24-30-2/h5-6,9-11,27H,3-4,7-8H2,1-2H3,(H,24,25)(H,26,28);5-6,8-10,25H,4,7H2,1-3H3,(H,23,24);4-5,7-9,25H,3,6H2,1-2H3,(H,22,23)(H,24,27). The summed E-state index contributed by atoms with van der Waals surface area (Å²) in [5.41, 5.74) is 1.25. The molecule has 0 radical (unpaired) electrons. The number of ketones is 3. The van der Waals surface area contributed by atoms with Gasteiger partial charge >= 0.3 is 0 Å². The van der Waals surface area contributed by atoms with Gasteiger partial charge in [-0.05, 0) is 85.8 Å². The number of pyridine rings is 3. The zero-order valence-electron chi connectivity index (χ0n) is 51.3. The zero-order chi connectivity index (χ0) is 69.9. The van der Waals surface area contributed by atoms with Gasteiger partial charge in [0, 0.05) is 90.5 Å². The fraction of sp³-hybridized carbons (Fsp3) is 0.250. The lowest BCUT2D eigenvalue weighted by atomic mass is 10.0. The van der Waals surface area contributed by atoms with Gasteiger partial charge < -0.3 is 19.9 Å². The van der Waals surface area contributed by atoms with Crippen LogP contribution in [0.4, 0.5) is 43.4 Å². The van der Waals surface area contributed by atoms with Crippen molar-refractivity contribution >= 4 is 115 Å². The van der Waals surface area contributed by atoms with Crippen LogP contribution in [0, 0.1) is 34.9 Å². The Morgan fingerprint density at radius 2 is 0.842 bits per heavy atom. The number of aromatic nitrogens is 6. The molecule has 0 aliphatic rings. The van der Waals surface area contributed by atoms with Crippen LogP contribution in [-0.4, -0.2) is 141 Å². The molecular weight excluding hydrogens is 1320 g/mol. The molecule has 6 heterocycles. The van der Waals surface area contributed by atoms with E-state index in [1.165, 1.54) is 68.4 Å². The SMILES string of the molecule is CCCS(=O)(=O)Nc1ccc(F)c(C(=O)c2c[nH]c3ncc(C(=O)N(C)C)cc23)c1F.CCCS(=O)(=O)Nc1ccc(F)c(C(=O)c2c[nH]c3ncc(C(=O)NOC)cc23)c1F.CCCS(=O)(=O)Nc1ccc(F)c(C(=O)c2c[nH]c3ncc(CCC(=O)NOC)cc23)c1F. The van der Waals surface area contributed by atoms with Crippen LogP contribution in [0.1, 0.15) is 120 Å². The average Bonchev–Trinajstić information content (AvgIpc) is 1.74. The van der Waals surface area contributed by atoms with Crippen LogP contribution in [0.5, 0.6) is 0 Å². The largest absolute Gasteiger partial charge is 0.345 e. The zero-order valence-corrected chi connectivity index (χ0v) is 53.8. The molecule has 3 amide bonds. The first kappa shape index (κ1) is 72.3. The van der Waals surface area contributed by atoms with Gasteiger partial charge in [-0.15, -0.1) is 0 Å². The Morgan fingerprint density at radius 1 is 0.495 bits per heavy atom. The molecule has 0 spiro atoms. The van der Waals surface area contributed by atoms with E-state index in [2.05, 4.69) is 50.5 Å². The molecule has 0 unspecified atom stereocenters. The van der Waals surface area contributed by atoms with Crippen LogP contribution < -0.4 is 25.1 Å². The summed E-state index contributed by atoms with van der Waals surface area (Å²) >= 11 is 0. The number of aryl methyl sites for hydroxylation is 1. The molecule has 0 saturated carbocycles. The molecule has 8 N–H and O–H groups in total. The predicted molar refractivity (Wildman–Crippen MR) is 337 cm³/mol. The number of fused-ring (bicyclic) bond motifs is 3. The maximum Gasteiger partial charge on any atom is 0.276 e. The maximum atomic E-state index is 15.0. The molecule has 9 aromatic rings. The normalized spacial score (nSPS) is 11.5. The monoisotopic (exact) mass is 1380 g/mol. The number of nitrogens with zero attached hydrogens (tertiary/aromatic N) is 4. The van der Waals surface area contributed by atoms with E-state index in [0.717, 1.165) is 36.4 Å². The molecule has 95 heavy (non-hydrogen) atoms. The number of sulfonamides is 3. The lowest BCUT2D eigenvalue weighted by molar-refractivity contribution is -0.131. The van der Waals surface area contributed by atoms with E-state index in [9.17, 15) is 76.0 Å². The Kier molecular flexibility index (Phi) is 23.4. The lowest BCUT2D eigenvalue weighted by Crippen LogP contribution is -2.21. The van der Waals surface area contributed by atoms with E-state index in [4.69, 9.17) is 0 Å². The molecule has 0 bridgehead atoms. The van der Waals surface area contributed by atoms with E-state index in [1.807, 2.05) is 14.2 Å². The van der Waals surface area contributed by atoms with E-state index < -0.39 is 122 Å². The number of aromatic amines is 3. The Balaban J connectivity index is 0.000000201. The van der Waals surface area contributed by atoms with Gasteiger partial charge in [0.25, 0.3) is 11.8 Å². The highest BCUT2D eigenvalue weighted by atomic mass is 32.2. The van der Waals surface area contributed by atoms with Gasteiger partial charge in [-0.25, -0.2) is 77.5 Å². The van der Waals surface area contributed by atoms with Crippen molar-refractivity contribution < 1.29 is 90.0 Å². The van der Waals surface area contributed by atoms with Gasteiger partial charge in [0.05, 0.1) is 76.4 Å². The van der Waals surface area contributed by atoms with Crippen LogP contribution in [0.3, 0.4) is 0 Å². The molecule has 0 aliphatic heterocycles. The molecule has 35 heteroatoms. The molecule has 504 valence electrons. The third kappa shape index (κ3) is 17.2. The number of nitrogens with one attached hydrogen (secondary N) is 8. The topological polar surface area (TPSA) is 373 Å². The van der Waals surface area contributed by atoms with Crippen molar-refractivity contribution in [3.05, 3.63) is 177 Å². The Hall–Kier alpha value is -10.1. The lowest BCUT2D eigenvalue weighted by Gasteiger charge is -2.12.